The Morgan fingerprint density at radius 2 is 2.00 bits per heavy atom. The molecule has 0 fully saturated rings. The largest absolute Gasteiger partial charge is 0.381 e. The third-order valence-corrected chi connectivity index (χ3v) is 2.15. The summed E-state index contributed by atoms with van der Waals surface area (Å²) in [5.41, 5.74) is 6.67. The SMILES string of the molecule is CC(c1ccccc1)n1ncc(N)n1. The second-order valence-electron chi connectivity index (χ2n) is 3.18. The molecular formula is C10H12N4. The second kappa shape index (κ2) is 3.49. The molecule has 0 bridgehead atoms. The van der Waals surface area contributed by atoms with E-state index < -0.39 is 0 Å². The highest BCUT2D eigenvalue weighted by Gasteiger charge is 2.08. The summed E-state index contributed by atoms with van der Waals surface area (Å²) in [5, 5.41) is 8.14. The first kappa shape index (κ1) is 8.74. The molecule has 1 atom stereocenters. The number of nitrogens with zero attached hydrogens (tertiary/aromatic N) is 3. The number of hydrogen-bond donors (Lipinski definition) is 1. The zero-order valence-electron chi connectivity index (χ0n) is 7.96. The lowest BCUT2D eigenvalue weighted by Gasteiger charge is -2.09. The molecule has 1 heterocycles. The Morgan fingerprint density at radius 3 is 2.57 bits per heavy atom. The number of nitrogens with two attached hydrogens (primary N) is 1. The van der Waals surface area contributed by atoms with Crippen LogP contribution in [0.3, 0.4) is 0 Å². The molecule has 1 aromatic carbocycles. The third-order valence-electron chi connectivity index (χ3n) is 2.15. The Bertz CT molecular complexity index is 407. The van der Waals surface area contributed by atoms with Crippen molar-refractivity contribution in [1.82, 2.24) is 15.0 Å². The van der Waals surface area contributed by atoms with Gasteiger partial charge in [-0.15, -0.1) is 5.10 Å². The predicted octanol–water partition coefficient (Wildman–Crippen LogP) is 1.47. The van der Waals surface area contributed by atoms with E-state index in [1.807, 2.05) is 37.3 Å². The molecule has 0 spiro atoms. The van der Waals surface area contributed by atoms with Gasteiger partial charge in [0.2, 0.25) is 0 Å². The van der Waals surface area contributed by atoms with Crippen molar-refractivity contribution in [3.63, 3.8) is 0 Å². The average Bonchev–Trinajstić information content (AvgIpc) is 2.65. The highest BCUT2D eigenvalue weighted by atomic mass is 15.5. The summed E-state index contributed by atoms with van der Waals surface area (Å²) in [5.74, 6) is 0.452. The standard InChI is InChI=1S/C10H12N4/c1-8(9-5-3-2-4-6-9)14-12-7-10(11)13-14/h2-8H,1H3,(H2,11,13). The lowest BCUT2D eigenvalue weighted by atomic mass is 10.1. The minimum absolute atomic E-state index is 0.119. The van der Waals surface area contributed by atoms with E-state index in [9.17, 15) is 0 Å². The number of aromatic nitrogens is 3. The topological polar surface area (TPSA) is 56.7 Å². The molecule has 4 heteroatoms. The van der Waals surface area contributed by atoms with Gasteiger partial charge in [-0.05, 0) is 12.5 Å². The van der Waals surface area contributed by atoms with Crippen LogP contribution >= 0.6 is 0 Å². The molecule has 2 aromatic rings. The van der Waals surface area contributed by atoms with Crippen LogP contribution in [0.25, 0.3) is 0 Å². The highest BCUT2D eigenvalue weighted by molar-refractivity contribution is 5.22. The molecule has 0 aliphatic heterocycles. The number of hydrogen-bond acceptors (Lipinski definition) is 3. The van der Waals surface area contributed by atoms with Gasteiger partial charge in [0.15, 0.2) is 5.82 Å². The molecular weight excluding hydrogens is 176 g/mol. The summed E-state index contributed by atoms with van der Waals surface area (Å²) in [6.45, 7) is 2.04. The van der Waals surface area contributed by atoms with E-state index in [1.165, 1.54) is 5.56 Å². The van der Waals surface area contributed by atoms with Gasteiger partial charge >= 0.3 is 0 Å². The van der Waals surface area contributed by atoms with Gasteiger partial charge in [0.05, 0.1) is 12.2 Å². The molecule has 0 saturated carbocycles. The summed E-state index contributed by atoms with van der Waals surface area (Å²) in [4.78, 5) is 1.62. The number of rotatable bonds is 2. The van der Waals surface area contributed by atoms with E-state index >= 15 is 0 Å². The quantitative estimate of drug-likeness (QED) is 0.776. The third kappa shape index (κ3) is 1.59. The number of anilines is 1. The van der Waals surface area contributed by atoms with Gasteiger partial charge in [0.25, 0.3) is 0 Å². The normalized spacial score (nSPS) is 12.6. The van der Waals surface area contributed by atoms with Crippen LogP contribution in [0.5, 0.6) is 0 Å². The zero-order chi connectivity index (χ0) is 9.97. The minimum atomic E-state index is 0.119. The maximum atomic E-state index is 5.50. The lowest BCUT2D eigenvalue weighted by Crippen LogP contribution is -2.10. The molecule has 1 aromatic heterocycles. The van der Waals surface area contributed by atoms with Crippen LogP contribution < -0.4 is 5.73 Å². The monoisotopic (exact) mass is 188 g/mol. The molecule has 2 N–H and O–H groups in total. The fourth-order valence-electron chi connectivity index (χ4n) is 1.34. The highest BCUT2D eigenvalue weighted by Crippen LogP contribution is 2.15. The predicted molar refractivity (Wildman–Crippen MR) is 54.7 cm³/mol. The van der Waals surface area contributed by atoms with E-state index in [2.05, 4.69) is 10.2 Å². The second-order valence-corrected chi connectivity index (χ2v) is 3.18. The van der Waals surface area contributed by atoms with Gasteiger partial charge in [-0.25, -0.2) is 0 Å². The molecule has 0 aliphatic rings. The van der Waals surface area contributed by atoms with E-state index in [1.54, 1.807) is 11.0 Å². The minimum Gasteiger partial charge on any atom is -0.381 e. The Balaban J connectivity index is 2.29. The maximum Gasteiger partial charge on any atom is 0.165 e. The van der Waals surface area contributed by atoms with Crippen LogP contribution in [0, 0.1) is 0 Å². The molecule has 2 rings (SSSR count). The fourth-order valence-corrected chi connectivity index (χ4v) is 1.34. The first-order valence-corrected chi connectivity index (χ1v) is 4.49. The Morgan fingerprint density at radius 1 is 1.29 bits per heavy atom. The van der Waals surface area contributed by atoms with Crippen molar-refractivity contribution in [2.75, 3.05) is 5.73 Å². The zero-order valence-corrected chi connectivity index (χ0v) is 7.96. The summed E-state index contributed by atoms with van der Waals surface area (Å²) in [7, 11) is 0. The van der Waals surface area contributed by atoms with Gasteiger partial charge in [0, 0.05) is 0 Å². The number of benzene rings is 1. The molecule has 0 aliphatic carbocycles. The molecule has 14 heavy (non-hydrogen) atoms. The first-order chi connectivity index (χ1) is 6.77. The van der Waals surface area contributed by atoms with Gasteiger partial charge in [-0.2, -0.15) is 9.90 Å². The van der Waals surface area contributed by atoms with E-state index in [0.29, 0.717) is 5.82 Å². The fraction of sp³-hybridized carbons (Fsp3) is 0.200. The Hall–Kier alpha value is -1.84. The smallest absolute Gasteiger partial charge is 0.165 e. The van der Waals surface area contributed by atoms with Crippen molar-refractivity contribution >= 4 is 5.82 Å². The van der Waals surface area contributed by atoms with Gasteiger partial charge in [-0.3, -0.25) is 0 Å². The molecule has 0 saturated heterocycles. The van der Waals surface area contributed by atoms with Gasteiger partial charge in [-0.1, -0.05) is 30.3 Å². The van der Waals surface area contributed by atoms with Crippen LogP contribution in [0.15, 0.2) is 36.5 Å². The number of nitrogen functional groups attached to an aromatic ring is 1. The van der Waals surface area contributed by atoms with Crippen molar-refractivity contribution < 1.29 is 0 Å². The summed E-state index contributed by atoms with van der Waals surface area (Å²) < 4.78 is 0. The van der Waals surface area contributed by atoms with E-state index in [0.717, 1.165) is 0 Å². The van der Waals surface area contributed by atoms with Crippen LogP contribution in [-0.2, 0) is 0 Å². The molecule has 0 radical (unpaired) electrons. The summed E-state index contributed by atoms with van der Waals surface area (Å²) in [6, 6.07) is 10.2. The van der Waals surface area contributed by atoms with Crippen LogP contribution in [-0.4, -0.2) is 15.0 Å². The van der Waals surface area contributed by atoms with Crippen molar-refractivity contribution in [2.45, 2.75) is 13.0 Å². The average molecular weight is 188 g/mol. The summed E-state index contributed by atoms with van der Waals surface area (Å²) in [6.07, 6.45) is 1.56. The van der Waals surface area contributed by atoms with E-state index in [-0.39, 0.29) is 6.04 Å². The molecule has 1 unspecified atom stereocenters. The van der Waals surface area contributed by atoms with Crippen molar-refractivity contribution in [2.24, 2.45) is 0 Å². The van der Waals surface area contributed by atoms with Gasteiger partial charge in [0.1, 0.15) is 0 Å². The first-order valence-electron chi connectivity index (χ1n) is 4.49. The van der Waals surface area contributed by atoms with Crippen LogP contribution in [0.4, 0.5) is 5.82 Å². The van der Waals surface area contributed by atoms with Crippen LogP contribution in [0.1, 0.15) is 18.5 Å². The molecule has 4 nitrogen and oxygen atoms in total. The lowest BCUT2D eigenvalue weighted by molar-refractivity contribution is 0.494. The molecule has 72 valence electrons. The van der Waals surface area contributed by atoms with Crippen LogP contribution in [0.2, 0.25) is 0 Å². The Labute approximate surface area is 82.4 Å². The maximum absolute atomic E-state index is 5.50. The summed E-state index contributed by atoms with van der Waals surface area (Å²) >= 11 is 0. The van der Waals surface area contributed by atoms with Crippen molar-refractivity contribution in [1.29, 1.82) is 0 Å². The molecule has 0 amide bonds. The van der Waals surface area contributed by atoms with Crippen molar-refractivity contribution in [3.05, 3.63) is 42.1 Å². The van der Waals surface area contributed by atoms with Crippen molar-refractivity contribution in [3.8, 4) is 0 Å². The Kier molecular flexibility index (Phi) is 2.18. The van der Waals surface area contributed by atoms with E-state index in [4.69, 9.17) is 5.73 Å². The van der Waals surface area contributed by atoms with Gasteiger partial charge < -0.3 is 5.73 Å².